The molecule has 3 aromatic rings. The van der Waals surface area contributed by atoms with E-state index in [4.69, 9.17) is 14.2 Å². The number of anilines is 1. The molecule has 0 aliphatic carbocycles. The van der Waals surface area contributed by atoms with E-state index in [-0.39, 0.29) is 5.91 Å². The summed E-state index contributed by atoms with van der Waals surface area (Å²) in [5.41, 5.74) is 1.94. The molecule has 5 heteroatoms. The lowest BCUT2D eigenvalue weighted by Gasteiger charge is -2.13. The smallest absolute Gasteiger partial charge is 0.256 e. The predicted octanol–water partition coefficient (Wildman–Crippen LogP) is 4.54. The van der Waals surface area contributed by atoms with Crippen LogP contribution in [0.1, 0.15) is 15.9 Å². The van der Waals surface area contributed by atoms with Gasteiger partial charge in [-0.05, 0) is 18.2 Å². The van der Waals surface area contributed by atoms with E-state index in [2.05, 4.69) is 5.32 Å². The van der Waals surface area contributed by atoms with Crippen molar-refractivity contribution in [2.75, 3.05) is 19.5 Å². The molecule has 0 aliphatic heterocycles. The Bertz CT molecular complexity index is 887. The number of carbonyl (C=O) groups excluding carboxylic acids is 1. The number of methoxy groups -OCH3 is 2. The average molecular weight is 363 g/mol. The summed E-state index contributed by atoms with van der Waals surface area (Å²) in [7, 11) is 3.13. The Morgan fingerprint density at radius 3 is 2.11 bits per heavy atom. The highest BCUT2D eigenvalue weighted by molar-refractivity contribution is 6.05. The first kappa shape index (κ1) is 18.3. The number of carbonyl (C=O) groups is 1. The van der Waals surface area contributed by atoms with Gasteiger partial charge in [0.25, 0.3) is 5.91 Å². The van der Waals surface area contributed by atoms with Crippen molar-refractivity contribution in [3.8, 4) is 17.2 Å². The van der Waals surface area contributed by atoms with Gasteiger partial charge in [0, 0.05) is 35.0 Å². The fourth-order valence-electron chi connectivity index (χ4n) is 2.62. The van der Waals surface area contributed by atoms with Gasteiger partial charge in [-0.1, -0.05) is 36.4 Å². The monoisotopic (exact) mass is 363 g/mol. The number of rotatable bonds is 7. The third-order valence-corrected chi connectivity index (χ3v) is 4.01. The quantitative estimate of drug-likeness (QED) is 0.670. The average Bonchev–Trinajstić information content (AvgIpc) is 2.72. The summed E-state index contributed by atoms with van der Waals surface area (Å²) in [6.07, 6.45) is 0. The normalized spacial score (nSPS) is 10.1. The molecular weight excluding hydrogens is 342 g/mol. The van der Waals surface area contributed by atoms with E-state index in [1.54, 1.807) is 38.5 Å². The van der Waals surface area contributed by atoms with Crippen molar-refractivity contribution in [1.82, 2.24) is 0 Å². The largest absolute Gasteiger partial charge is 0.497 e. The number of amides is 1. The number of benzene rings is 3. The Hall–Kier alpha value is -3.47. The zero-order chi connectivity index (χ0) is 19.1. The Labute approximate surface area is 158 Å². The molecule has 0 radical (unpaired) electrons. The molecule has 0 unspecified atom stereocenters. The Morgan fingerprint density at radius 2 is 1.44 bits per heavy atom. The van der Waals surface area contributed by atoms with E-state index in [1.807, 2.05) is 48.5 Å². The van der Waals surface area contributed by atoms with Gasteiger partial charge in [-0.2, -0.15) is 0 Å². The van der Waals surface area contributed by atoms with Gasteiger partial charge in [-0.25, -0.2) is 0 Å². The molecule has 0 atom stereocenters. The van der Waals surface area contributed by atoms with E-state index in [0.717, 1.165) is 11.3 Å². The molecule has 0 heterocycles. The molecule has 0 fully saturated rings. The number of nitrogens with one attached hydrogen (secondary N) is 1. The van der Waals surface area contributed by atoms with E-state index in [9.17, 15) is 4.79 Å². The van der Waals surface area contributed by atoms with Gasteiger partial charge in [0.15, 0.2) is 0 Å². The van der Waals surface area contributed by atoms with Crippen LogP contribution in [0.4, 0.5) is 5.69 Å². The molecule has 3 rings (SSSR count). The van der Waals surface area contributed by atoms with Gasteiger partial charge in [-0.15, -0.1) is 0 Å². The highest BCUT2D eigenvalue weighted by atomic mass is 16.5. The molecule has 5 nitrogen and oxygen atoms in total. The molecule has 27 heavy (non-hydrogen) atoms. The minimum absolute atomic E-state index is 0.224. The van der Waals surface area contributed by atoms with Crippen molar-refractivity contribution in [2.45, 2.75) is 6.61 Å². The maximum Gasteiger partial charge on any atom is 0.256 e. The van der Waals surface area contributed by atoms with Gasteiger partial charge >= 0.3 is 0 Å². The van der Waals surface area contributed by atoms with Gasteiger partial charge in [-0.3, -0.25) is 4.79 Å². The van der Waals surface area contributed by atoms with Gasteiger partial charge < -0.3 is 19.5 Å². The second-order valence-electron chi connectivity index (χ2n) is 5.81. The molecular formula is C22H21NO4. The fraction of sp³-hybridized carbons (Fsp3) is 0.136. The zero-order valence-electron chi connectivity index (χ0n) is 15.3. The lowest BCUT2D eigenvalue weighted by Crippen LogP contribution is -2.15. The van der Waals surface area contributed by atoms with Crippen molar-refractivity contribution in [3.63, 3.8) is 0 Å². The number of para-hydroxylation sites is 1. The Kier molecular flexibility index (Phi) is 5.94. The Balaban J connectivity index is 1.77. The van der Waals surface area contributed by atoms with Crippen molar-refractivity contribution < 1.29 is 19.0 Å². The summed E-state index contributed by atoms with van der Waals surface area (Å²) in [5.74, 6) is 1.73. The third kappa shape index (κ3) is 4.79. The first-order chi connectivity index (χ1) is 13.2. The first-order valence-electron chi connectivity index (χ1n) is 8.50. The highest BCUT2D eigenvalue weighted by Gasteiger charge is 2.13. The molecule has 0 aromatic heterocycles. The molecule has 0 spiro atoms. The second-order valence-corrected chi connectivity index (χ2v) is 5.81. The highest BCUT2D eigenvalue weighted by Crippen LogP contribution is 2.26. The minimum Gasteiger partial charge on any atom is -0.497 e. The summed E-state index contributed by atoms with van der Waals surface area (Å²) >= 11 is 0. The number of hydrogen-bond acceptors (Lipinski definition) is 4. The van der Waals surface area contributed by atoms with Crippen LogP contribution in [0.15, 0.2) is 72.8 Å². The van der Waals surface area contributed by atoms with Crippen LogP contribution in [0.3, 0.4) is 0 Å². The molecule has 3 aromatic carbocycles. The van der Waals surface area contributed by atoms with Crippen LogP contribution in [0.2, 0.25) is 0 Å². The van der Waals surface area contributed by atoms with E-state index in [1.165, 1.54) is 0 Å². The van der Waals surface area contributed by atoms with Crippen molar-refractivity contribution in [1.29, 1.82) is 0 Å². The summed E-state index contributed by atoms with van der Waals surface area (Å²) in [5, 5.41) is 2.89. The van der Waals surface area contributed by atoms with Crippen LogP contribution in [0.5, 0.6) is 17.2 Å². The van der Waals surface area contributed by atoms with Gasteiger partial charge in [0.2, 0.25) is 0 Å². The lowest BCUT2D eigenvalue weighted by molar-refractivity contribution is 0.102. The number of hydrogen-bond donors (Lipinski definition) is 1. The molecule has 0 aliphatic rings. The fourth-order valence-corrected chi connectivity index (χ4v) is 2.62. The second kappa shape index (κ2) is 8.76. The standard InChI is InChI=1S/C22H21NO4/c1-25-19-12-17(13-20(14-19)26-2)23-22(24)21-11-7-6-8-16(21)15-27-18-9-4-3-5-10-18/h3-14H,15H2,1-2H3,(H,23,24). The summed E-state index contributed by atoms with van der Waals surface area (Å²) < 4.78 is 16.3. The first-order valence-corrected chi connectivity index (χ1v) is 8.50. The zero-order valence-corrected chi connectivity index (χ0v) is 15.3. The molecule has 138 valence electrons. The minimum atomic E-state index is -0.224. The number of ether oxygens (including phenoxy) is 3. The lowest BCUT2D eigenvalue weighted by atomic mass is 10.1. The van der Waals surface area contributed by atoms with Crippen molar-refractivity contribution >= 4 is 11.6 Å². The molecule has 0 saturated heterocycles. The van der Waals surface area contributed by atoms with Crippen LogP contribution in [0, 0.1) is 0 Å². The molecule has 0 bridgehead atoms. The maximum atomic E-state index is 12.8. The summed E-state index contributed by atoms with van der Waals surface area (Å²) in [6, 6.07) is 22.1. The van der Waals surface area contributed by atoms with Crippen LogP contribution in [-0.4, -0.2) is 20.1 Å². The molecule has 1 N–H and O–H groups in total. The predicted molar refractivity (Wildman–Crippen MR) is 105 cm³/mol. The summed E-state index contributed by atoms with van der Waals surface area (Å²) in [6.45, 7) is 0.301. The third-order valence-electron chi connectivity index (χ3n) is 4.01. The topological polar surface area (TPSA) is 56.8 Å². The van der Waals surface area contributed by atoms with Crippen LogP contribution in [-0.2, 0) is 6.61 Å². The van der Waals surface area contributed by atoms with Crippen LogP contribution < -0.4 is 19.5 Å². The Morgan fingerprint density at radius 1 is 0.815 bits per heavy atom. The van der Waals surface area contributed by atoms with Crippen molar-refractivity contribution in [2.24, 2.45) is 0 Å². The van der Waals surface area contributed by atoms with Gasteiger partial charge in [0.05, 0.1) is 14.2 Å². The van der Waals surface area contributed by atoms with E-state index >= 15 is 0 Å². The van der Waals surface area contributed by atoms with E-state index < -0.39 is 0 Å². The van der Waals surface area contributed by atoms with Gasteiger partial charge in [0.1, 0.15) is 23.9 Å². The van der Waals surface area contributed by atoms with E-state index in [0.29, 0.717) is 29.4 Å². The maximum absolute atomic E-state index is 12.8. The SMILES string of the molecule is COc1cc(NC(=O)c2ccccc2COc2ccccc2)cc(OC)c1. The van der Waals surface area contributed by atoms with Crippen LogP contribution >= 0.6 is 0 Å². The molecule has 1 amide bonds. The van der Waals surface area contributed by atoms with Crippen molar-refractivity contribution in [3.05, 3.63) is 83.9 Å². The van der Waals surface area contributed by atoms with Crippen LogP contribution in [0.25, 0.3) is 0 Å². The molecule has 0 saturated carbocycles. The summed E-state index contributed by atoms with van der Waals surface area (Å²) in [4.78, 5) is 12.8.